The lowest BCUT2D eigenvalue weighted by atomic mass is 9.75. The van der Waals surface area contributed by atoms with E-state index in [4.69, 9.17) is 9.47 Å². The molecule has 1 aromatic carbocycles. The molecule has 3 rings (SSSR count). The van der Waals surface area contributed by atoms with E-state index in [9.17, 15) is 9.18 Å². The Balaban J connectivity index is 1.38. The van der Waals surface area contributed by atoms with Crippen molar-refractivity contribution in [2.45, 2.75) is 37.7 Å². The number of rotatable bonds is 6. The summed E-state index contributed by atoms with van der Waals surface area (Å²) in [6, 6.07) is 6.57. The van der Waals surface area contributed by atoms with Crippen LogP contribution in [0.3, 0.4) is 0 Å². The van der Waals surface area contributed by atoms with E-state index in [1.165, 1.54) is 12.1 Å². The van der Waals surface area contributed by atoms with Gasteiger partial charge in [0.25, 0.3) is 0 Å². The molecule has 0 aromatic heterocycles. The summed E-state index contributed by atoms with van der Waals surface area (Å²) >= 11 is 0. The zero-order valence-corrected chi connectivity index (χ0v) is 13.6. The van der Waals surface area contributed by atoms with Crippen LogP contribution in [-0.4, -0.2) is 49.8 Å². The second kappa shape index (κ2) is 6.97. The molecule has 2 aliphatic heterocycles. The van der Waals surface area contributed by atoms with Crippen LogP contribution in [0.4, 0.5) is 4.39 Å². The molecule has 0 bridgehead atoms. The molecule has 2 aliphatic rings. The van der Waals surface area contributed by atoms with E-state index < -0.39 is 0 Å². The second-order valence-corrected chi connectivity index (χ2v) is 6.78. The Morgan fingerprint density at radius 3 is 2.78 bits per heavy atom. The maximum atomic E-state index is 13.0. The SMILES string of the molecule is CC1(c2ccc(F)cc2)CN(C(=O)CCOCC2CCCO2)C1. The normalized spacial score (nSPS) is 22.9. The fourth-order valence-corrected chi connectivity index (χ4v) is 3.32. The molecular formula is C18H24FNO3. The molecule has 1 amide bonds. The number of halogens is 1. The van der Waals surface area contributed by atoms with Gasteiger partial charge in [-0.25, -0.2) is 4.39 Å². The molecule has 5 heteroatoms. The van der Waals surface area contributed by atoms with Crippen LogP contribution < -0.4 is 0 Å². The fraction of sp³-hybridized carbons (Fsp3) is 0.611. The summed E-state index contributed by atoms with van der Waals surface area (Å²) in [7, 11) is 0. The average molecular weight is 321 g/mol. The Bertz CT molecular complexity index is 534. The molecule has 1 unspecified atom stereocenters. The topological polar surface area (TPSA) is 38.8 Å². The first kappa shape index (κ1) is 16.4. The zero-order valence-electron chi connectivity index (χ0n) is 13.6. The van der Waals surface area contributed by atoms with Gasteiger partial charge in [0.2, 0.25) is 5.91 Å². The summed E-state index contributed by atoms with van der Waals surface area (Å²) in [4.78, 5) is 14.0. The number of benzene rings is 1. The first-order chi connectivity index (χ1) is 11.1. The predicted molar refractivity (Wildman–Crippen MR) is 84.7 cm³/mol. The van der Waals surface area contributed by atoms with Crippen molar-refractivity contribution in [3.05, 3.63) is 35.6 Å². The predicted octanol–water partition coefficient (Wildman–Crippen LogP) is 2.51. The first-order valence-corrected chi connectivity index (χ1v) is 8.30. The highest BCUT2D eigenvalue weighted by molar-refractivity contribution is 5.77. The van der Waals surface area contributed by atoms with E-state index in [-0.39, 0.29) is 23.2 Å². The van der Waals surface area contributed by atoms with Gasteiger partial charge in [0.1, 0.15) is 5.82 Å². The van der Waals surface area contributed by atoms with Crippen molar-refractivity contribution in [1.29, 1.82) is 0 Å². The molecule has 0 saturated carbocycles. The van der Waals surface area contributed by atoms with Gasteiger partial charge in [0.05, 0.1) is 25.7 Å². The Morgan fingerprint density at radius 1 is 1.39 bits per heavy atom. The van der Waals surface area contributed by atoms with Crippen LogP contribution >= 0.6 is 0 Å². The van der Waals surface area contributed by atoms with Crippen LogP contribution in [-0.2, 0) is 19.7 Å². The molecule has 126 valence electrons. The highest BCUT2D eigenvalue weighted by Gasteiger charge is 2.42. The van der Waals surface area contributed by atoms with Gasteiger partial charge in [-0.2, -0.15) is 0 Å². The van der Waals surface area contributed by atoms with Crippen molar-refractivity contribution in [2.75, 3.05) is 32.9 Å². The van der Waals surface area contributed by atoms with Gasteiger partial charge >= 0.3 is 0 Å². The Morgan fingerprint density at radius 2 is 2.13 bits per heavy atom. The maximum absolute atomic E-state index is 13.0. The quantitative estimate of drug-likeness (QED) is 0.756. The molecule has 2 saturated heterocycles. The summed E-state index contributed by atoms with van der Waals surface area (Å²) in [5.74, 6) is -0.107. The fourth-order valence-electron chi connectivity index (χ4n) is 3.32. The van der Waals surface area contributed by atoms with Crippen LogP contribution in [0.1, 0.15) is 31.7 Å². The minimum Gasteiger partial charge on any atom is -0.378 e. The van der Waals surface area contributed by atoms with Crippen molar-refractivity contribution in [3.63, 3.8) is 0 Å². The number of hydrogen-bond acceptors (Lipinski definition) is 3. The van der Waals surface area contributed by atoms with Crippen molar-refractivity contribution in [2.24, 2.45) is 0 Å². The van der Waals surface area contributed by atoms with Crippen LogP contribution in [0.5, 0.6) is 0 Å². The van der Waals surface area contributed by atoms with Gasteiger partial charge < -0.3 is 14.4 Å². The van der Waals surface area contributed by atoms with Gasteiger partial charge in [-0.15, -0.1) is 0 Å². The van der Waals surface area contributed by atoms with E-state index in [2.05, 4.69) is 6.92 Å². The van der Waals surface area contributed by atoms with Crippen molar-refractivity contribution in [3.8, 4) is 0 Å². The molecule has 2 fully saturated rings. The number of likely N-dealkylation sites (tertiary alicyclic amines) is 1. The van der Waals surface area contributed by atoms with Crippen LogP contribution in [0.15, 0.2) is 24.3 Å². The van der Waals surface area contributed by atoms with Gasteiger partial charge in [-0.1, -0.05) is 19.1 Å². The van der Waals surface area contributed by atoms with Crippen molar-refractivity contribution >= 4 is 5.91 Å². The maximum Gasteiger partial charge on any atom is 0.224 e. The third kappa shape index (κ3) is 3.90. The molecule has 0 aliphatic carbocycles. The van der Waals surface area contributed by atoms with Gasteiger partial charge in [0.15, 0.2) is 0 Å². The van der Waals surface area contributed by atoms with E-state index in [0.29, 0.717) is 32.7 Å². The van der Waals surface area contributed by atoms with Crippen LogP contribution in [0.25, 0.3) is 0 Å². The summed E-state index contributed by atoms with van der Waals surface area (Å²) in [5.41, 5.74) is 1.01. The van der Waals surface area contributed by atoms with Gasteiger partial charge in [0, 0.05) is 25.1 Å². The second-order valence-electron chi connectivity index (χ2n) is 6.78. The van der Waals surface area contributed by atoms with Gasteiger partial charge in [-0.05, 0) is 30.5 Å². The Hall–Kier alpha value is -1.46. The smallest absolute Gasteiger partial charge is 0.224 e. The van der Waals surface area contributed by atoms with Crippen molar-refractivity contribution in [1.82, 2.24) is 4.90 Å². The summed E-state index contributed by atoms with van der Waals surface area (Å²) in [5, 5.41) is 0. The Kier molecular flexibility index (Phi) is 4.97. The number of nitrogens with zero attached hydrogens (tertiary/aromatic N) is 1. The number of carbonyl (C=O) groups is 1. The molecule has 0 N–H and O–H groups in total. The summed E-state index contributed by atoms with van der Waals surface area (Å²) in [6.45, 7) is 5.33. The molecule has 2 heterocycles. The van der Waals surface area contributed by atoms with E-state index >= 15 is 0 Å². The molecule has 0 radical (unpaired) electrons. The van der Waals surface area contributed by atoms with Crippen LogP contribution in [0.2, 0.25) is 0 Å². The standard InChI is InChI=1S/C18H24FNO3/c1-18(14-4-6-15(19)7-5-14)12-20(13-18)17(21)8-10-22-11-16-3-2-9-23-16/h4-7,16H,2-3,8-13H2,1H3. The molecule has 23 heavy (non-hydrogen) atoms. The zero-order chi connectivity index (χ0) is 16.3. The lowest BCUT2D eigenvalue weighted by Crippen LogP contribution is -2.59. The van der Waals surface area contributed by atoms with E-state index in [1.807, 2.05) is 17.0 Å². The molecular weight excluding hydrogens is 297 g/mol. The number of carbonyl (C=O) groups excluding carboxylic acids is 1. The summed E-state index contributed by atoms with van der Waals surface area (Å²) < 4.78 is 24.0. The largest absolute Gasteiger partial charge is 0.378 e. The average Bonchev–Trinajstić information content (AvgIpc) is 3.02. The molecule has 0 spiro atoms. The van der Waals surface area contributed by atoms with Crippen LogP contribution in [0, 0.1) is 5.82 Å². The van der Waals surface area contributed by atoms with Crippen molar-refractivity contribution < 1.29 is 18.7 Å². The molecule has 1 atom stereocenters. The van der Waals surface area contributed by atoms with E-state index in [1.54, 1.807) is 0 Å². The lowest BCUT2D eigenvalue weighted by molar-refractivity contribution is -0.140. The monoisotopic (exact) mass is 321 g/mol. The van der Waals surface area contributed by atoms with Gasteiger partial charge in [-0.3, -0.25) is 4.79 Å². The lowest BCUT2D eigenvalue weighted by Gasteiger charge is -2.48. The minimum absolute atomic E-state index is 0.0676. The minimum atomic E-state index is -0.229. The number of amides is 1. The van der Waals surface area contributed by atoms with E-state index in [0.717, 1.165) is 25.0 Å². The third-order valence-electron chi connectivity index (χ3n) is 4.76. The highest BCUT2D eigenvalue weighted by atomic mass is 19.1. The first-order valence-electron chi connectivity index (χ1n) is 8.30. The molecule has 4 nitrogen and oxygen atoms in total. The molecule has 1 aromatic rings. The third-order valence-corrected chi connectivity index (χ3v) is 4.76. The highest BCUT2D eigenvalue weighted by Crippen LogP contribution is 2.34. The summed E-state index contributed by atoms with van der Waals surface area (Å²) in [6.07, 6.45) is 2.77. The number of ether oxygens (including phenoxy) is 2. The number of hydrogen-bond donors (Lipinski definition) is 0. The Labute approximate surface area is 136 Å².